The predicted molar refractivity (Wildman–Crippen MR) is 115 cm³/mol. The number of thiophene rings is 1. The Balaban J connectivity index is 1.25. The molecule has 3 aromatic rings. The maximum absolute atomic E-state index is 12.7. The van der Waals surface area contributed by atoms with E-state index in [1.807, 2.05) is 48.7 Å². The molecule has 1 aromatic carbocycles. The summed E-state index contributed by atoms with van der Waals surface area (Å²) in [6, 6.07) is 11.7. The molecule has 4 rings (SSSR count). The van der Waals surface area contributed by atoms with E-state index in [1.54, 1.807) is 18.4 Å². The molecule has 7 nitrogen and oxygen atoms in total. The monoisotopic (exact) mass is 426 g/mol. The van der Waals surface area contributed by atoms with Crippen molar-refractivity contribution >= 4 is 17.2 Å². The number of amides is 1. The molecule has 30 heavy (non-hydrogen) atoms. The normalized spacial score (nSPS) is 16.3. The van der Waals surface area contributed by atoms with E-state index in [1.165, 1.54) is 0 Å². The van der Waals surface area contributed by atoms with Crippen LogP contribution in [0.4, 0.5) is 0 Å². The van der Waals surface area contributed by atoms with E-state index in [0.717, 1.165) is 42.1 Å². The fraction of sp³-hybridized carbons (Fsp3) is 0.409. The molecule has 3 heterocycles. The molecule has 0 aliphatic carbocycles. The van der Waals surface area contributed by atoms with Crippen LogP contribution in [0.25, 0.3) is 10.7 Å². The van der Waals surface area contributed by atoms with Gasteiger partial charge >= 0.3 is 0 Å². The van der Waals surface area contributed by atoms with Crippen LogP contribution in [0.1, 0.15) is 37.3 Å². The zero-order valence-electron chi connectivity index (χ0n) is 17.2. The summed E-state index contributed by atoms with van der Waals surface area (Å²) in [4.78, 5) is 20.5. The van der Waals surface area contributed by atoms with Crippen LogP contribution < -0.4 is 10.1 Å². The highest BCUT2D eigenvalue weighted by atomic mass is 32.1. The van der Waals surface area contributed by atoms with Gasteiger partial charge in [0, 0.05) is 5.92 Å². The van der Waals surface area contributed by atoms with Crippen molar-refractivity contribution in [3.8, 4) is 16.5 Å². The molecule has 1 saturated heterocycles. The molecule has 1 unspecified atom stereocenters. The highest BCUT2D eigenvalue weighted by Gasteiger charge is 2.27. The third kappa shape index (κ3) is 4.88. The summed E-state index contributed by atoms with van der Waals surface area (Å²) in [5, 5.41) is 9.21. The summed E-state index contributed by atoms with van der Waals surface area (Å²) < 4.78 is 10.6. The number of aromatic nitrogens is 2. The number of likely N-dealkylation sites (tertiary alicyclic amines) is 1. The molecular formula is C22H26N4O3S. The molecule has 0 saturated carbocycles. The SMILES string of the molecule is COc1ccc(C(C)NC(=O)C2CCN(Cc3nc(-c4cccs4)no3)CC2)cc1. The van der Waals surface area contributed by atoms with Gasteiger partial charge in [-0.1, -0.05) is 23.4 Å². The average molecular weight is 427 g/mol. The van der Waals surface area contributed by atoms with Crippen molar-refractivity contribution in [1.29, 1.82) is 0 Å². The first-order valence-corrected chi connectivity index (χ1v) is 11.0. The molecule has 1 aliphatic heterocycles. The van der Waals surface area contributed by atoms with Gasteiger partial charge in [-0.05, 0) is 62.0 Å². The van der Waals surface area contributed by atoms with E-state index < -0.39 is 0 Å². The van der Waals surface area contributed by atoms with Crippen LogP contribution in [-0.2, 0) is 11.3 Å². The van der Waals surface area contributed by atoms with Crippen molar-refractivity contribution in [2.45, 2.75) is 32.4 Å². The van der Waals surface area contributed by atoms with Gasteiger partial charge in [0.2, 0.25) is 17.6 Å². The molecule has 0 radical (unpaired) electrons. The fourth-order valence-corrected chi connectivity index (χ4v) is 4.33. The number of piperidine rings is 1. The number of carbonyl (C=O) groups is 1. The molecule has 2 aromatic heterocycles. The Morgan fingerprint density at radius 1 is 1.30 bits per heavy atom. The van der Waals surface area contributed by atoms with Crippen LogP contribution in [0.2, 0.25) is 0 Å². The quantitative estimate of drug-likeness (QED) is 0.617. The van der Waals surface area contributed by atoms with Crippen molar-refractivity contribution in [2.24, 2.45) is 5.92 Å². The second kappa shape index (κ2) is 9.40. The lowest BCUT2D eigenvalue weighted by atomic mass is 9.95. The summed E-state index contributed by atoms with van der Waals surface area (Å²) in [6.45, 7) is 4.31. The first kappa shape index (κ1) is 20.6. The maximum Gasteiger partial charge on any atom is 0.241 e. The second-order valence-electron chi connectivity index (χ2n) is 7.54. The Labute approximate surface area is 180 Å². The minimum absolute atomic E-state index is 0.0319. The van der Waals surface area contributed by atoms with Crippen molar-refractivity contribution in [3.05, 3.63) is 53.2 Å². The number of hydrogen-bond donors (Lipinski definition) is 1. The number of benzene rings is 1. The van der Waals surface area contributed by atoms with Gasteiger partial charge in [-0.3, -0.25) is 9.69 Å². The van der Waals surface area contributed by atoms with Gasteiger partial charge in [-0.25, -0.2) is 0 Å². The predicted octanol–water partition coefficient (Wildman–Crippen LogP) is 3.90. The van der Waals surface area contributed by atoms with Gasteiger partial charge in [0.1, 0.15) is 5.75 Å². The largest absolute Gasteiger partial charge is 0.497 e. The first-order valence-electron chi connectivity index (χ1n) is 10.2. The van der Waals surface area contributed by atoms with E-state index in [9.17, 15) is 4.79 Å². The molecule has 0 spiro atoms. The first-order chi connectivity index (χ1) is 14.6. The zero-order valence-corrected chi connectivity index (χ0v) is 18.0. The van der Waals surface area contributed by atoms with Crippen LogP contribution in [0, 0.1) is 5.92 Å². The lowest BCUT2D eigenvalue weighted by molar-refractivity contribution is -0.127. The smallest absolute Gasteiger partial charge is 0.241 e. The molecule has 158 valence electrons. The lowest BCUT2D eigenvalue weighted by Crippen LogP contribution is -2.40. The van der Waals surface area contributed by atoms with Crippen LogP contribution >= 0.6 is 11.3 Å². The molecule has 0 bridgehead atoms. The second-order valence-corrected chi connectivity index (χ2v) is 8.49. The van der Waals surface area contributed by atoms with Crippen LogP contribution in [0.15, 0.2) is 46.3 Å². The number of nitrogens with zero attached hydrogens (tertiary/aromatic N) is 3. The molecule has 1 aliphatic rings. The van der Waals surface area contributed by atoms with Crippen LogP contribution in [0.3, 0.4) is 0 Å². The van der Waals surface area contributed by atoms with Crippen LogP contribution in [-0.4, -0.2) is 41.1 Å². The number of rotatable bonds is 7. The van der Waals surface area contributed by atoms with Gasteiger partial charge in [0.05, 0.1) is 24.6 Å². The summed E-state index contributed by atoms with van der Waals surface area (Å²) in [5.41, 5.74) is 1.07. The molecule has 1 amide bonds. The van der Waals surface area contributed by atoms with Crippen molar-refractivity contribution in [2.75, 3.05) is 20.2 Å². The lowest BCUT2D eigenvalue weighted by Gasteiger charge is -2.30. The Hall–Kier alpha value is -2.71. The summed E-state index contributed by atoms with van der Waals surface area (Å²) >= 11 is 1.59. The third-order valence-corrected chi connectivity index (χ3v) is 6.37. The maximum atomic E-state index is 12.7. The molecular weight excluding hydrogens is 400 g/mol. The van der Waals surface area contributed by atoms with Crippen molar-refractivity contribution in [1.82, 2.24) is 20.4 Å². The van der Waals surface area contributed by atoms with E-state index in [-0.39, 0.29) is 17.9 Å². The molecule has 1 atom stereocenters. The summed E-state index contributed by atoms with van der Waals surface area (Å²) in [7, 11) is 1.65. The molecule has 8 heteroatoms. The van der Waals surface area contributed by atoms with Crippen LogP contribution in [0.5, 0.6) is 5.75 Å². The number of methoxy groups -OCH3 is 1. The topological polar surface area (TPSA) is 80.5 Å². The van der Waals surface area contributed by atoms with Crippen molar-refractivity contribution in [3.63, 3.8) is 0 Å². The van der Waals surface area contributed by atoms with E-state index in [2.05, 4.69) is 20.4 Å². The standard InChI is InChI=1S/C22H26N4O3S/c1-15(16-5-7-18(28-2)8-6-16)23-22(27)17-9-11-26(12-10-17)14-20-24-21(25-29-20)19-4-3-13-30-19/h3-8,13,15,17H,9-12,14H2,1-2H3,(H,23,27). The van der Waals surface area contributed by atoms with Gasteiger partial charge < -0.3 is 14.6 Å². The minimum Gasteiger partial charge on any atom is -0.497 e. The van der Waals surface area contributed by atoms with Gasteiger partial charge in [0.15, 0.2) is 0 Å². The third-order valence-electron chi connectivity index (χ3n) is 5.50. The number of ether oxygens (including phenoxy) is 1. The van der Waals surface area contributed by atoms with Crippen molar-refractivity contribution < 1.29 is 14.1 Å². The van der Waals surface area contributed by atoms with E-state index in [0.29, 0.717) is 18.3 Å². The average Bonchev–Trinajstić information content (AvgIpc) is 3.46. The van der Waals surface area contributed by atoms with E-state index in [4.69, 9.17) is 9.26 Å². The van der Waals surface area contributed by atoms with Gasteiger partial charge in [0.25, 0.3) is 0 Å². The summed E-state index contributed by atoms with van der Waals surface area (Å²) in [6.07, 6.45) is 1.65. The number of carbonyl (C=O) groups excluding carboxylic acids is 1. The molecule has 1 N–H and O–H groups in total. The highest BCUT2D eigenvalue weighted by molar-refractivity contribution is 7.13. The van der Waals surface area contributed by atoms with Gasteiger partial charge in [-0.15, -0.1) is 11.3 Å². The minimum atomic E-state index is -0.0319. The summed E-state index contributed by atoms with van der Waals surface area (Å²) in [5.74, 6) is 2.23. The number of hydrogen-bond acceptors (Lipinski definition) is 7. The Morgan fingerprint density at radius 2 is 2.07 bits per heavy atom. The Kier molecular flexibility index (Phi) is 6.44. The van der Waals surface area contributed by atoms with E-state index >= 15 is 0 Å². The Bertz CT molecular complexity index is 947. The molecule has 1 fully saturated rings. The fourth-order valence-electron chi connectivity index (χ4n) is 3.68. The van der Waals surface area contributed by atoms with Gasteiger partial charge in [-0.2, -0.15) is 4.98 Å². The number of nitrogens with one attached hydrogen (secondary N) is 1. The Morgan fingerprint density at radius 3 is 2.73 bits per heavy atom. The zero-order chi connectivity index (χ0) is 20.9. The highest BCUT2D eigenvalue weighted by Crippen LogP contribution is 2.24.